The van der Waals surface area contributed by atoms with E-state index in [0.29, 0.717) is 30.3 Å². The maximum absolute atomic E-state index is 6.26. The van der Waals surface area contributed by atoms with E-state index in [2.05, 4.69) is 85.7 Å². The van der Waals surface area contributed by atoms with Crippen LogP contribution in [-0.2, 0) is 14.2 Å². The summed E-state index contributed by atoms with van der Waals surface area (Å²) in [4.78, 5) is 17.7. The number of hydrogen-bond donors (Lipinski definition) is 0. The Morgan fingerprint density at radius 2 is 0.911 bits per heavy atom. The molecule has 7 nitrogen and oxygen atoms in total. The summed E-state index contributed by atoms with van der Waals surface area (Å²) in [7, 11) is 0. The minimum atomic E-state index is -0.184. The van der Waals surface area contributed by atoms with Gasteiger partial charge in [0.05, 0.1) is 42.6 Å². The van der Waals surface area contributed by atoms with E-state index in [0.717, 1.165) is 48.0 Å². The summed E-state index contributed by atoms with van der Waals surface area (Å²) in [6.45, 7) is 15.5. The molecule has 0 saturated heterocycles. The van der Waals surface area contributed by atoms with Gasteiger partial charge in [-0.05, 0) is 90.6 Å². The van der Waals surface area contributed by atoms with Gasteiger partial charge in [0.25, 0.3) is 0 Å². The Morgan fingerprint density at radius 3 is 1.36 bits per heavy atom. The lowest BCUT2D eigenvalue weighted by molar-refractivity contribution is -0.0194. The van der Waals surface area contributed by atoms with Crippen LogP contribution in [0.4, 0.5) is 0 Å². The maximum atomic E-state index is 6.26. The Bertz CT molecular complexity index is 1600. The van der Waals surface area contributed by atoms with Gasteiger partial charge in [0.2, 0.25) is 0 Å². The molecule has 4 unspecified atom stereocenters. The van der Waals surface area contributed by atoms with Gasteiger partial charge in [-0.15, -0.1) is 0 Å². The number of benzene rings is 1. The topological polar surface area (TPSA) is 79.2 Å². The monoisotopic (exact) mass is 759 g/mol. The normalized spacial score (nSPS) is 15.1. The molecule has 0 amide bonds. The van der Waals surface area contributed by atoms with Crippen LogP contribution in [-0.4, -0.2) is 39.8 Å². The molecule has 4 aromatic heterocycles. The van der Waals surface area contributed by atoms with Crippen molar-refractivity contribution in [2.75, 3.05) is 19.8 Å². The zero-order valence-corrected chi connectivity index (χ0v) is 34.8. The van der Waals surface area contributed by atoms with Gasteiger partial charge in [0.1, 0.15) is 18.3 Å². The van der Waals surface area contributed by atoms with Crippen LogP contribution in [0.25, 0.3) is 0 Å². The third kappa shape index (κ3) is 15.7. The molecule has 0 aliphatic heterocycles. The van der Waals surface area contributed by atoms with Crippen LogP contribution in [0.1, 0.15) is 133 Å². The highest BCUT2D eigenvalue weighted by atomic mass is 16.5. The smallest absolute Gasteiger partial charge is 0.141 e. The maximum Gasteiger partial charge on any atom is 0.141 e. The van der Waals surface area contributed by atoms with Gasteiger partial charge in [0, 0.05) is 24.8 Å². The van der Waals surface area contributed by atoms with Crippen LogP contribution in [0, 0.1) is 23.7 Å². The summed E-state index contributed by atoms with van der Waals surface area (Å²) < 4.78 is 18.3. The fourth-order valence-corrected chi connectivity index (χ4v) is 6.39. The van der Waals surface area contributed by atoms with E-state index in [1.807, 2.05) is 91.3 Å². The largest absolute Gasteiger partial charge is 0.371 e. The molecule has 4 atom stereocenters. The Balaban J connectivity index is 0.000000187. The summed E-state index contributed by atoms with van der Waals surface area (Å²) in [6, 6.07) is 34.1. The molecule has 4 heterocycles. The molecule has 5 aromatic rings. The van der Waals surface area contributed by atoms with Gasteiger partial charge in [0.15, 0.2) is 0 Å². The standard InChI is InChI=1S/C17H27NO.C16H20N2O.C16H19NO/c1-3-14(2)13-19-17(15-9-5-4-6-10-15)16-11-7-8-12-18-16;1-3-13(2)12-19-16(14-8-4-6-10-17-14)15-9-5-7-11-18-15;1-13(2)12-18-16(14-8-4-3-5-9-14)15-10-6-7-11-17-15/h7-8,11-12,14-15,17H,3-6,9-10,13H2,1-2H3;4-11,13,16H,3,12H2,1-2H3;3-11,13,16H,12H2,1-2H3. The first-order chi connectivity index (χ1) is 27.4. The first kappa shape index (κ1) is 44.4. The number of ether oxygens (including phenoxy) is 3. The van der Waals surface area contributed by atoms with Crippen LogP contribution in [0.2, 0.25) is 0 Å². The highest BCUT2D eigenvalue weighted by molar-refractivity contribution is 5.26. The molecular formula is C49H66N4O3. The zero-order chi connectivity index (χ0) is 39.8. The van der Waals surface area contributed by atoms with Crippen LogP contribution >= 0.6 is 0 Å². The predicted octanol–water partition coefficient (Wildman–Crippen LogP) is 12.2. The summed E-state index contributed by atoms with van der Waals surface area (Å²) in [5.41, 5.74) is 5.05. The highest BCUT2D eigenvalue weighted by Crippen LogP contribution is 2.36. The first-order valence-electron chi connectivity index (χ1n) is 20.9. The Morgan fingerprint density at radius 1 is 0.482 bits per heavy atom. The van der Waals surface area contributed by atoms with Gasteiger partial charge in [-0.2, -0.15) is 0 Å². The predicted molar refractivity (Wildman–Crippen MR) is 228 cm³/mol. The molecule has 1 aliphatic rings. The quantitative estimate of drug-likeness (QED) is 0.0934. The first-order valence-corrected chi connectivity index (χ1v) is 20.9. The SMILES string of the molecule is CC(C)COC(c1ccccc1)c1ccccn1.CCC(C)COC(c1ccccn1)C1CCCCC1.CCC(C)COC(c1ccccn1)c1ccccn1. The van der Waals surface area contributed by atoms with Crippen LogP contribution in [0.15, 0.2) is 128 Å². The van der Waals surface area contributed by atoms with Gasteiger partial charge >= 0.3 is 0 Å². The molecule has 0 radical (unpaired) electrons. The Labute approximate surface area is 337 Å². The summed E-state index contributed by atoms with van der Waals surface area (Å²) >= 11 is 0. The molecule has 56 heavy (non-hydrogen) atoms. The molecule has 7 heteroatoms. The number of aromatic nitrogens is 4. The van der Waals surface area contributed by atoms with Gasteiger partial charge < -0.3 is 14.2 Å². The van der Waals surface area contributed by atoms with Gasteiger partial charge in [-0.3, -0.25) is 19.9 Å². The zero-order valence-electron chi connectivity index (χ0n) is 34.8. The lowest BCUT2D eigenvalue weighted by Crippen LogP contribution is -2.22. The van der Waals surface area contributed by atoms with E-state index >= 15 is 0 Å². The number of nitrogens with zero attached hydrogens (tertiary/aromatic N) is 4. The number of hydrogen-bond acceptors (Lipinski definition) is 7. The van der Waals surface area contributed by atoms with E-state index in [9.17, 15) is 0 Å². The van der Waals surface area contributed by atoms with Crippen molar-refractivity contribution in [2.24, 2.45) is 23.7 Å². The fourth-order valence-electron chi connectivity index (χ4n) is 6.39. The molecule has 0 spiro atoms. The average Bonchev–Trinajstić information content (AvgIpc) is 3.26. The van der Waals surface area contributed by atoms with Crippen molar-refractivity contribution >= 4 is 0 Å². The molecule has 1 aromatic carbocycles. The average molecular weight is 759 g/mol. The molecule has 0 N–H and O–H groups in total. The number of pyridine rings is 4. The number of rotatable bonds is 17. The summed E-state index contributed by atoms with van der Waals surface area (Å²) in [5, 5.41) is 0. The molecule has 300 valence electrons. The molecular weight excluding hydrogens is 693 g/mol. The molecule has 6 rings (SSSR count). The summed E-state index contributed by atoms with van der Waals surface area (Å²) in [6.07, 6.45) is 16.2. The van der Waals surface area contributed by atoms with E-state index in [1.165, 1.54) is 38.5 Å². The summed E-state index contributed by atoms with van der Waals surface area (Å²) in [5.74, 6) is 2.34. The molecule has 0 bridgehead atoms. The Kier molecular flexibility index (Phi) is 20.4. The van der Waals surface area contributed by atoms with Crippen molar-refractivity contribution < 1.29 is 14.2 Å². The third-order valence-electron chi connectivity index (χ3n) is 10.1. The molecule has 1 aliphatic carbocycles. The van der Waals surface area contributed by atoms with Crippen LogP contribution < -0.4 is 0 Å². The van der Waals surface area contributed by atoms with Crippen molar-refractivity contribution in [1.29, 1.82) is 0 Å². The minimum Gasteiger partial charge on any atom is -0.371 e. The van der Waals surface area contributed by atoms with E-state index in [-0.39, 0.29) is 18.3 Å². The van der Waals surface area contributed by atoms with Crippen molar-refractivity contribution in [3.05, 3.63) is 156 Å². The van der Waals surface area contributed by atoms with Crippen molar-refractivity contribution in [3.63, 3.8) is 0 Å². The van der Waals surface area contributed by atoms with Crippen molar-refractivity contribution in [3.8, 4) is 0 Å². The fraction of sp³-hybridized carbons (Fsp3) is 0.469. The lowest BCUT2D eigenvalue weighted by Gasteiger charge is -2.30. The third-order valence-corrected chi connectivity index (χ3v) is 10.1. The second kappa shape index (κ2) is 25.8. The second-order valence-corrected chi connectivity index (χ2v) is 15.4. The van der Waals surface area contributed by atoms with Gasteiger partial charge in [-0.1, -0.05) is 128 Å². The highest BCUT2D eigenvalue weighted by Gasteiger charge is 2.27. The molecule has 1 fully saturated rings. The van der Waals surface area contributed by atoms with E-state index < -0.39 is 0 Å². The second-order valence-electron chi connectivity index (χ2n) is 15.4. The van der Waals surface area contributed by atoms with Crippen LogP contribution in [0.3, 0.4) is 0 Å². The van der Waals surface area contributed by atoms with Crippen LogP contribution in [0.5, 0.6) is 0 Å². The Hall–Kier alpha value is -4.30. The van der Waals surface area contributed by atoms with Crippen molar-refractivity contribution in [1.82, 2.24) is 19.9 Å². The van der Waals surface area contributed by atoms with E-state index in [4.69, 9.17) is 14.2 Å². The van der Waals surface area contributed by atoms with E-state index in [1.54, 1.807) is 12.4 Å². The van der Waals surface area contributed by atoms with Gasteiger partial charge in [-0.25, -0.2) is 0 Å². The molecule has 1 saturated carbocycles. The lowest BCUT2D eigenvalue weighted by atomic mass is 9.84. The van der Waals surface area contributed by atoms with Crippen molar-refractivity contribution in [2.45, 2.75) is 105 Å². The minimum absolute atomic E-state index is 0.0743.